The number of hydrogen-bond donors (Lipinski definition) is 1. The zero-order valence-electron chi connectivity index (χ0n) is 9.86. The van der Waals surface area contributed by atoms with Crippen molar-refractivity contribution in [1.29, 1.82) is 5.26 Å². The summed E-state index contributed by atoms with van der Waals surface area (Å²) in [7, 11) is 0. The maximum absolute atomic E-state index is 13.4. The predicted octanol–water partition coefficient (Wildman–Crippen LogP) is 3.00. The molecule has 0 bridgehead atoms. The second kappa shape index (κ2) is 5.36. The lowest BCUT2D eigenvalue weighted by Crippen LogP contribution is -2.03. The SMILES string of the molecule is N#Cc1ccc(OCc2c(F)cccc2F)c(N)c1. The van der Waals surface area contributed by atoms with Crippen molar-refractivity contribution >= 4 is 5.69 Å². The summed E-state index contributed by atoms with van der Waals surface area (Å²) in [6, 6.07) is 9.97. The van der Waals surface area contributed by atoms with Gasteiger partial charge in [-0.2, -0.15) is 5.26 Å². The molecule has 2 N–H and O–H groups in total. The molecule has 0 aliphatic carbocycles. The molecule has 2 rings (SSSR count). The quantitative estimate of drug-likeness (QED) is 0.863. The van der Waals surface area contributed by atoms with E-state index in [4.69, 9.17) is 15.7 Å². The predicted molar refractivity (Wildman–Crippen MR) is 66.3 cm³/mol. The maximum Gasteiger partial charge on any atom is 0.142 e. The van der Waals surface area contributed by atoms with Gasteiger partial charge in [0, 0.05) is 0 Å². The first-order valence-electron chi connectivity index (χ1n) is 5.47. The minimum absolute atomic E-state index is 0.161. The Morgan fingerprint density at radius 2 is 1.84 bits per heavy atom. The highest BCUT2D eigenvalue weighted by Gasteiger charge is 2.10. The first kappa shape index (κ1) is 12.8. The molecule has 0 aliphatic heterocycles. The smallest absolute Gasteiger partial charge is 0.142 e. The van der Waals surface area contributed by atoms with E-state index >= 15 is 0 Å². The van der Waals surface area contributed by atoms with Gasteiger partial charge >= 0.3 is 0 Å². The maximum atomic E-state index is 13.4. The van der Waals surface area contributed by atoms with E-state index in [0.29, 0.717) is 5.56 Å². The number of nitriles is 1. The van der Waals surface area contributed by atoms with Crippen molar-refractivity contribution in [1.82, 2.24) is 0 Å². The molecule has 0 unspecified atom stereocenters. The number of nitrogens with zero attached hydrogens (tertiary/aromatic N) is 1. The van der Waals surface area contributed by atoms with Crippen LogP contribution >= 0.6 is 0 Å². The Labute approximate surface area is 108 Å². The highest BCUT2D eigenvalue weighted by atomic mass is 19.1. The first-order valence-corrected chi connectivity index (χ1v) is 5.47. The van der Waals surface area contributed by atoms with Crippen LogP contribution < -0.4 is 10.5 Å². The number of benzene rings is 2. The summed E-state index contributed by atoms with van der Waals surface area (Å²) in [6.45, 7) is -0.269. The standard InChI is InChI=1S/C14H10F2N2O/c15-11-2-1-3-12(16)10(11)8-19-14-5-4-9(7-17)6-13(14)18/h1-6H,8,18H2. The van der Waals surface area contributed by atoms with E-state index in [1.54, 1.807) is 0 Å². The molecule has 0 aromatic heterocycles. The third kappa shape index (κ3) is 2.80. The van der Waals surface area contributed by atoms with Crippen LogP contribution in [0.2, 0.25) is 0 Å². The number of rotatable bonds is 3. The van der Waals surface area contributed by atoms with E-state index < -0.39 is 11.6 Å². The lowest BCUT2D eigenvalue weighted by molar-refractivity contribution is 0.294. The van der Waals surface area contributed by atoms with Gasteiger partial charge < -0.3 is 10.5 Å². The number of nitrogens with two attached hydrogens (primary N) is 1. The van der Waals surface area contributed by atoms with Gasteiger partial charge in [0.2, 0.25) is 0 Å². The van der Waals surface area contributed by atoms with E-state index in [0.717, 1.165) is 12.1 Å². The summed E-state index contributed by atoms with van der Waals surface area (Å²) < 4.78 is 32.0. The molecular formula is C14H10F2N2O. The molecule has 3 nitrogen and oxygen atoms in total. The number of ether oxygens (including phenoxy) is 1. The summed E-state index contributed by atoms with van der Waals surface area (Å²) >= 11 is 0. The van der Waals surface area contributed by atoms with Gasteiger partial charge in [0.05, 0.1) is 22.9 Å². The normalized spacial score (nSPS) is 9.95. The summed E-state index contributed by atoms with van der Waals surface area (Å²) in [4.78, 5) is 0. The van der Waals surface area contributed by atoms with Crippen molar-refractivity contribution in [3.8, 4) is 11.8 Å². The van der Waals surface area contributed by atoms with Crippen LogP contribution in [0.4, 0.5) is 14.5 Å². The Morgan fingerprint density at radius 3 is 2.42 bits per heavy atom. The molecule has 0 saturated heterocycles. The van der Waals surface area contributed by atoms with Crippen LogP contribution in [0.1, 0.15) is 11.1 Å². The Morgan fingerprint density at radius 1 is 1.16 bits per heavy atom. The number of nitrogen functional groups attached to an aromatic ring is 1. The minimum atomic E-state index is -0.674. The molecule has 0 radical (unpaired) electrons. The topological polar surface area (TPSA) is 59.0 Å². The largest absolute Gasteiger partial charge is 0.487 e. The second-order valence-corrected chi connectivity index (χ2v) is 3.85. The molecule has 0 aliphatic rings. The molecule has 2 aromatic rings. The minimum Gasteiger partial charge on any atom is -0.487 e. The molecular weight excluding hydrogens is 250 g/mol. The van der Waals surface area contributed by atoms with Gasteiger partial charge in [0.15, 0.2) is 0 Å². The van der Waals surface area contributed by atoms with Crippen molar-refractivity contribution in [3.05, 3.63) is 59.2 Å². The van der Waals surface area contributed by atoms with Crippen LogP contribution in [-0.4, -0.2) is 0 Å². The van der Waals surface area contributed by atoms with Crippen LogP contribution in [0.3, 0.4) is 0 Å². The van der Waals surface area contributed by atoms with Crippen molar-refractivity contribution < 1.29 is 13.5 Å². The summed E-state index contributed by atoms with van der Waals surface area (Å²) in [5.74, 6) is -1.07. The molecule has 0 amide bonds. The van der Waals surface area contributed by atoms with Crippen LogP contribution in [0.5, 0.6) is 5.75 Å². The Hall–Kier alpha value is -2.61. The molecule has 0 fully saturated rings. The van der Waals surface area contributed by atoms with E-state index in [2.05, 4.69) is 0 Å². The summed E-state index contributed by atoms with van der Waals surface area (Å²) in [5, 5.41) is 8.69. The zero-order chi connectivity index (χ0) is 13.8. The first-order chi connectivity index (χ1) is 9.11. The highest BCUT2D eigenvalue weighted by molar-refractivity contribution is 5.56. The fraction of sp³-hybridized carbons (Fsp3) is 0.0714. The van der Waals surface area contributed by atoms with Crippen molar-refractivity contribution in [2.24, 2.45) is 0 Å². The Kier molecular flexibility index (Phi) is 3.62. The molecule has 0 atom stereocenters. The second-order valence-electron chi connectivity index (χ2n) is 3.85. The average Bonchev–Trinajstić information content (AvgIpc) is 2.39. The van der Waals surface area contributed by atoms with Gasteiger partial charge in [0.1, 0.15) is 24.0 Å². The fourth-order valence-corrected chi connectivity index (χ4v) is 1.57. The van der Waals surface area contributed by atoms with Crippen LogP contribution in [-0.2, 0) is 6.61 Å². The van der Waals surface area contributed by atoms with Crippen molar-refractivity contribution in [3.63, 3.8) is 0 Å². The van der Waals surface area contributed by atoms with Crippen LogP contribution in [0, 0.1) is 23.0 Å². The molecule has 96 valence electrons. The van der Waals surface area contributed by atoms with Gasteiger partial charge in [-0.05, 0) is 30.3 Å². The van der Waals surface area contributed by atoms with E-state index in [9.17, 15) is 8.78 Å². The molecule has 0 spiro atoms. The van der Waals surface area contributed by atoms with Crippen molar-refractivity contribution in [2.75, 3.05) is 5.73 Å². The summed E-state index contributed by atoms with van der Waals surface area (Å²) in [5.41, 5.74) is 6.15. The lowest BCUT2D eigenvalue weighted by Gasteiger charge is -2.10. The van der Waals surface area contributed by atoms with Gasteiger partial charge in [0.25, 0.3) is 0 Å². The van der Waals surface area contributed by atoms with E-state index in [1.165, 1.54) is 24.3 Å². The fourth-order valence-electron chi connectivity index (χ4n) is 1.57. The van der Waals surface area contributed by atoms with Gasteiger partial charge in [-0.3, -0.25) is 0 Å². The van der Waals surface area contributed by atoms with Crippen LogP contribution in [0.15, 0.2) is 36.4 Å². The number of halogens is 2. The third-order valence-corrected chi connectivity index (χ3v) is 2.57. The third-order valence-electron chi connectivity index (χ3n) is 2.57. The zero-order valence-corrected chi connectivity index (χ0v) is 9.86. The van der Waals surface area contributed by atoms with Gasteiger partial charge in [-0.1, -0.05) is 6.07 Å². The van der Waals surface area contributed by atoms with Gasteiger partial charge in [-0.15, -0.1) is 0 Å². The van der Waals surface area contributed by atoms with Gasteiger partial charge in [-0.25, -0.2) is 8.78 Å². The highest BCUT2D eigenvalue weighted by Crippen LogP contribution is 2.24. The number of anilines is 1. The lowest BCUT2D eigenvalue weighted by atomic mass is 10.2. The number of hydrogen-bond acceptors (Lipinski definition) is 3. The Bertz CT molecular complexity index is 630. The Balaban J connectivity index is 2.17. The van der Waals surface area contributed by atoms with Crippen LogP contribution in [0.25, 0.3) is 0 Å². The average molecular weight is 260 g/mol. The molecule has 19 heavy (non-hydrogen) atoms. The molecule has 2 aromatic carbocycles. The monoisotopic (exact) mass is 260 g/mol. The van der Waals surface area contributed by atoms with E-state index in [-0.39, 0.29) is 23.6 Å². The van der Waals surface area contributed by atoms with Crippen molar-refractivity contribution in [2.45, 2.75) is 6.61 Å². The molecule has 5 heteroatoms. The van der Waals surface area contributed by atoms with E-state index in [1.807, 2.05) is 6.07 Å². The molecule has 0 saturated carbocycles. The summed E-state index contributed by atoms with van der Waals surface area (Å²) in [6.07, 6.45) is 0. The molecule has 0 heterocycles.